The Labute approximate surface area is 165 Å². The van der Waals surface area contributed by atoms with Crippen LogP contribution in [0.4, 0.5) is 0 Å². The molecular formula is C22H26N2O4. The zero-order valence-corrected chi connectivity index (χ0v) is 16.3. The predicted octanol–water partition coefficient (Wildman–Crippen LogP) is 2.67. The number of benzene rings is 2. The van der Waals surface area contributed by atoms with Crippen LogP contribution in [0, 0.1) is 0 Å². The summed E-state index contributed by atoms with van der Waals surface area (Å²) in [5.74, 6) is 1.15. The zero-order valence-electron chi connectivity index (χ0n) is 16.3. The molecule has 3 rings (SSSR count). The van der Waals surface area contributed by atoms with Crippen LogP contribution in [0.5, 0.6) is 11.5 Å². The quantitative estimate of drug-likeness (QED) is 0.834. The first-order valence-corrected chi connectivity index (χ1v) is 9.44. The van der Waals surface area contributed by atoms with E-state index in [0.717, 1.165) is 18.4 Å². The lowest BCUT2D eigenvalue weighted by atomic mass is 10.0. The second-order valence-corrected chi connectivity index (χ2v) is 6.90. The highest BCUT2D eigenvalue weighted by atomic mass is 16.5. The molecule has 1 saturated heterocycles. The maximum atomic E-state index is 12.8. The molecule has 2 amide bonds. The van der Waals surface area contributed by atoms with Crippen molar-refractivity contribution in [3.63, 3.8) is 0 Å². The molecule has 1 fully saturated rings. The number of nitrogens with zero attached hydrogens (tertiary/aromatic N) is 1. The number of likely N-dealkylation sites (tertiary alicyclic amines) is 1. The normalized spacial score (nSPS) is 14.4. The Morgan fingerprint density at radius 3 is 2.18 bits per heavy atom. The molecule has 6 heteroatoms. The van der Waals surface area contributed by atoms with Gasteiger partial charge in [0.05, 0.1) is 20.6 Å². The number of piperidine rings is 1. The largest absolute Gasteiger partial charge is 0.497 e. The van der Waals surface area contributed by atoms with E-state index in [9.17, 15) is 9.59 Å². The van der Waals surface area contributed by atoms with Gasteiger partial charge in [0.2, 0.25) is 5.91 Å². The van der Waals surface area contributed by atoms with Gasteiger partial charge in [-0.2, -0.15) is 0 Å². The number of carbonyl (C=O) groups is 2. The highest BCUT2D eigenvalue weighted by Gasteiger charge is 2.25. The Hall–Kier alpha value is -3.02. The van der Waals surface area contributed by atoms with Crippen LogP contribution in [-0.2, 0) is 11.2 Å². The molecule has 0 atom stereocenters. The van der Waals surface area contributed by atoms with Gasteiger partial charge in [0.1, 0.15) is 11.5 Å². The van der Waals surface area contributed by atoms with E-state index in [1.54, 1.807) is 32.4 Å². The zero-order chi connectivity index (χ0) is 19.9. The highest BCUT2D eigenvalue weighted by Crippen LogP contribution is 2.24. The molecule has 2 aromatic carbocycles. The first-order chi connectivity index (χ1) is 13.6. The first kappa shape index (κ1) is 19.7. The van der Waals surface area contributed by atoms with Crippen molar-refractivity contribution in [3.05, 3.63) is 59.7 Å². The molecule has 0 saturated carbocycles. The number of rotatable bonds is 6. The SMILES string of the molecule is COc1cc(OC)cc(C(=O)N2CCC(NC(=O)Cc3ccccc3)CC2)c1. The minimum atomic E-state index is -0.0498. The number of ether oxygens (including phenoxy) is 2. The third kappa shape index (κ3) is 5.03. The monoisotopic (exact) mass is 382 g/mol. The van der Waals surface area contributed by atoms with Crippen molar-refractivity contribution in [3.8, 4) is 11.5 Å². The second kappa shape index (κ2) is 9.26. The highest BCUT2D eigenvalue weighted by molar-refractivity contribution is 5.95. The van der Waals surface area contributed by atoms with Gasteiger partial charge in [-0.05, 0) is 30.5 Å². The lowest BCUT2D eigenvalue weighted by Gasteiger charge is -2.32. The Morgan fingerprint density at radius 2 is 1.61 bits per heavy atom. The smallest absolute Gasteiger partial charge is 0.254 e. The number of carbonyl (C=O) groups excluding carboxylic acids is 2. The maximum Gasteiger partial charge on any atom is 0.254 e. The molecule has 1 heterocycles. The van der Waals surface area contributed by atoms with E-state index in [-0.39, 0.29) is 17.9 Å². The molecule has 0 spiro atoms. The minimum Gasteiger partial charge on any atom is -0.497 e. The van der Waals surface area contributed by atoms with Gasteiger partial charge in [-0.1, -0.05) is 30.3 Å². The average Bonchev–Trinajstić information content (AvgIpc) is 2.74. The van der Waals surface area contributed by atoms with Gasteiger partial charge in [-0.25, -0.2) is 0 Å². The molecule has 0 aromatic heterocycles. The summed E-state index contributed by atoms with van der Waals surface area (Å²) in [6, 6.07) is 15.0. The van der Waals surface area contributed by atoms with E-state index in [1.165, 1.54) is 0 Å². The van der Waals surface area contributed by atoms with Gasteiger partial charge in [-0.15, -0.1) is 0 Å². The molecule has 0 aliphatic carbocycles. The standard InChI is InChI=1S/C22H26N2O4/c1-27-19-13-17(14-20(15-19)28-2)22(26)24-10-8-18(9-11-24)23-21(25)12-16-6-4-3-5-7-16/h3-7,13-15,18H,8-12H2,1-2H3,(H,23,25). The minimum absolute atomic E-state index is 0.0218. The van der Waals surface area contributed by atoms with Crippen LogP contribution in [-0.4, -0.2) is 50.1 Å². The molecule has 2 aromatic rings. The van der Waals surface area contributed by atoms with Crippen molar-refractivity contribution in [1.82, 2.24) is 10.2 Å². The summed E-state index contributed by atoms with van der Waals surface area (Å²) in [5, 5.41) is 3.09. The van der Waals surface area contributed by atoms with Crippen LogP contribution in [0.3, 0.4) is 0 Å². The van der Waals surface area contributed by atoms with Gasteiger partial charge in [0.25, 0.3) is 5.91 Å². The van der Waals surface area contributed by atoms with Gasteiger partial charge in [0.15, 0.2) is 0 Å². The fraction of sp³-hybridized carbons (Fsp3) is 0.364. The Bertz CT molecular complexity index is 792. The molecule has 6 nitrogen and oxygen atoms in total. The first-order valence-electron chi connectivity index (χ1n) is 9.44. The fourth-order valence-electron chi connectivity index (χ4n) is 3.40. The summed E-state index contributed by atoms with van der Waals surface area (Å²) in [5.41, 5.74) is 1.54. The molecule has 1 N–H and O–H groups in total. The van der Waals surface area contributed by atoms with E-state index in [2.05, 4.69) is 5.32 Å². The number of amides is 2. The third-order valence-electron chi connectivity index (χ3n) is 4.95. The van der Waals surface area contributed by atoms with Crippen molar-refractivity contribution >= 4 is 11.8 Å². The molecule has 148 valence electrons. The van der Waals surface area contributed by atoms with Gasteiger partial charge in [0, 0.05) is 30.8 Å². The van der Waals surface area contributed by atoms with E-state index in [1.807, 2.05) is 35.2 Å². The molecule has 28 heavy (non-hydrogen) atoms. The van der Waals surface area contributed by atoms with E-state index in [0.29, 0.717) is 36.6 Å². The number of hydrogen-bond donors (Lipinski definition) is 1. The van der Waals surface area contributed by atoms with Crippen LogP contribution >= 0.6 is 0 Å². The van der Waals surface area contributed by atoms with Crippen molar-refractivity contribution in [2.45, 2.75) is 25.3 Å². The maximum absolute atomic E-state index is 12.8. The molecule has 0 unspecified atom stereocenters. The topological polar surface area (TPSA) is 67.9 Å². The summed E-state index contributed by atoms with van der Waals surface area (Å²) in [4.78, 5) is 26.9. The Kier molecular flexibility index (Phi) is 6.53. The predicted molar refractivity (Wildman–Crippen MR) is 107 cm³/mol. The number of nitrogens with one attached hydrogen (secondary N) is 1. The van der Waals surface area contributed by atoms with Crippen molar-refractivity contribution in [1.29, 1.82) is 0 Å². The third-order valence-corrected chi connectivity index (χ3v) is 4.95. The summed E-state index contributed by atoms with van der Waals surface area (Å²) in [7, 11) is 3.12. The summed E-state index contributed by atoms with van der Waals surface area (Å²) < 4.78 is 10.5. The Morgan fingerprint density at radius 1 is 1.00 bits per heavy atom. The van der Waals surface area contributed by atoms with Crippen LogP contribution in [0.25, 0.3) is 0 Å². The van der Waals surface area contributed by atoms with Gasteiger partial charge >= 0.3 is 0 Å². The fourth-order valence-corrected chi connectivity index (χ4v) is 3.40. The number of hydrogen-bond acceptors (Lipinski definition) is 4. The lowest BCUT2D eigenvalue weighted by molar-refractivity contribution is -0.121. The van der Waals surface area contributed by atoms with Gasteiger partial charge < -0.3 is 19.7 Å². The van der Waals surface area contributed by atoms with Crippen molar-refractivity contribution < 1.29 is 19.1 Å². The molecule has 1 aliphatic heterocycles. The van der Waals surface area contributed by atoms with Crippen LogP contribution < -0.4 is 14.8 Å². The summed E-state index contributed by atoms with van der Waals surface area (Å²) in [6.45, 7) is 1.21. The van der Waals surface area contributed by atoms with E-state index < -0.39 is 0 Å². The molecule has 1 aliphatic rings. The summed E-state index contributed by atoms with van der Waals surface area (Å²) >= 11 is 0. The van der Waals surface area contributed by atoms with Crippen LogP contribution in [0.15, 0.2) is 48.5 Å². The van der Waals surface area contributed by atoms with Crippen LogP contribution in [0.2, 0.25) is 0 Å². The van der Waals surface area contributed by atoms with Crippen LogP contribution in [0.1, 0.15) is 28.8 Å². The van der Waals surface area contributed by atoms with E-state index >= 15 is 0 Å². The average molecular weight is 382 g/mol. The van der Waals surface area contributed by atoms with Gasteiger partial charge in [-0.3, -0.25) is 9.59 Å². The number of methoxy groups -OCH3 is 2. The van der Waals surface area contributed by atoms with Crippen molar-refractivity contribution in [2.75, 3.05) is 27.3 Å². The van der Waals surface area contributed by atoms with Crippen molar-refractivity contribution in [2.24, 2.45) is 0 Å². The second-order valence-electron chi connectivity index (χ2n) is 6.90. The lowest BCUT2D eigenvalue weighted by Crippen LogP contribution is -2.46. The molecule has 0 bridgehead atoms. The molecular weight excluding hydrogens is 356 g/mol. The molecule has 0 radical (unpaired) electrons. The summed E-state index contributed by atoms with van der Waals surface area (Å²) in [6.07, 6.45) is 1.87. The van der Waals surface area contributed by atoms with E-state index in [4.69, 9.17) is 9.47 Å². The Balaban J connectivity index is 1.53.